The largest absolute Gasteiger partial charge is 0.330 e. The molecule has 2 unspecified atom stereocenters. The lowest BCUT2D eigenvalue weighted by Crippen LogP contribution is -2.39. The van der Waals surface area contributed by atoms with Crippen molar-refractivity contribution in [3.05, 3.63) is 29.0 Å². The summed E-state index contributed by atoms with van der Waals surface area (Å²) >= 11 is 5.79. The van der Waals surface area contributed by atoms with Crippen LogP contribution in [0.3, 0.4) is 0 Å². The van der Waals surface area contributed by atoms with Crippen LogP contribution in [0.1, 0.15) is 19.3 Å². The van der Waals surface area contributed by atoms with E-state index in [1.165, 1.54) is 6.07 Å². The molecule has 0 heterocycles. The van der Waals surface area contributed by atoms with Gasteiger partial charge >= 0.3 is 0 Å². The van der Waals surface area contributed by atoms with Gasteiger partial charge in [-0.2, -0.15) is 0 Å². The number of benzene rings is 1. The minimum atomic E-state index is -3.74. The van der Waals surface area contributed by atoms with Crippen molar-refractivity contribution < 1.29 is 12.8 Å². The van der Waals surface area contributed by atoms with Crippen molar-refractivity contribution in [2.45, 2.75) is 30.2 Å². The fourth-order valence-corrected chi connectivity index (χ4v) is 4.30. The number of nitrogens with one attached hydrogen (secondary N) is 1. The third-order valence-corrected chi connectivity index (χ3v) is 5.42. The maximum Gasteiger partial charge on any atom is 0.242 e. The van der Waals surface area contributed by atoms with Crippen LogP contribution in [0.2, 0.25) is 5.02 Å². The summed E-state index contributed by atoms with van der Waals surface area (Å²) in [6.45, 7) is 0.449. The Labute approximate surface area is 129 Å². The van der Waals surface area contributed by atoms with Gasteiger partial charge in [0.1, 0.15) is 10.7 Å². The van der Waals surface area contributed by atoms with Crippen molar-refractivity contribution in [3.8, 4) is 0 Å². The summed E-state index contributed by atoms with van der Waals surface area (Å²) in [7, 11) is -3.74. The highest BCUT2D eigenvalue weighted by molar-refractivity contribution is 7.89. The predicted octanol–water partition coefficient (Wildman–Crippen LogP) is 2.31. The standard InChI is InChI=1S/C12H16ClFN2O2S.ClH/c13-10-6-9(14)4-5-12(10)19(17,18)16-11-3-1-2-8(11)7-15;/h4-6,8,11,16H,1-3,7,15H2;1H. The second kappa shape index (κ2) is 7.04. The Morgan fingerprint density at radius 2 is 2.10 bits per heavy atom. The van der Waals surface area contributed by atoms with Gasteiger partial charge in [0.25, 0.3) is 0 Å². The van der Waals surface area contributed by atoms with Gasteiger partial charge in [0.2, 0.25) is 10.0 Å². The molecule has 2 atom stereocenters. The molecule has 0 bridgehead atoms. The lowest BCUT2D eigenvalue weighted by Gasteiger charge is -2.19. The van der Waals surface area contributed by atoms with Crippen LogP contribution < -0.4 is 10.5 Å². The van der Waals surface area contributed by atoms with Crippen LogP contribution in [0.15, 0.2) is 23.1 Å². The van der Waals surface area contributed by atoms with Gasteiger partial charge in [-0.3, -0.25) is 0 Å². The number of halogens is 3. The summed E-state index contributed by atoms with van der Waals surface area (Å²) in [5.74, 6) is -0.418. The molecule has 0 aliphatic heterocycles. The third-order valence-electron chi connectivity index (χ3n) is 3.45. The van der Waals surface area contributed by atoms with E-state index >= 15 is 0 Å². The van der Waals surface area contributed by atoms with E-state index in [4.69, 9.17) is 17.3 Å². The summed E-state index contributed by atoms with van der Waals surface area (Å²) in [5, 5.41) is -0.116. The molecule has 0 saturated heterocycles. The molecule has 8 heteroatoms. The summed E-state index contributed by atoms with van der Waals surface area (Å²) in [6, 6.07) is 3.07. The Bertz CT molecular complexity index is 569. The zero-order chi connectivity index (χ0) is 14.0. The van der Waals surface area contributed by atoms with Crippen LogP contribution in [-0.4, -0.2) is 21.0 Å². The molecule has 1 aliphatic rings. The zero-order valence-electron chi connectivity index (χ0n) is 10.7. The Morgan fingerprint density at radius 3 is 2.70 bits per heavy atom. The summed E-state index contributed by atoms with van der Waals surface area (Å²) in [5.41, 5.74) is 5.62. The first-order valence-electron chi connectivity index (χ1n) is 6.11. The van der Waals surface area contributed by atoms with Gasteiger partial charge < -0.3 is 5.73 Å². The van der Waals surface area contributed by atoms with E-state index in [0.717, 1.165) is 31.4 Å². The normalized spacial score (nSPS) is 22.6. The lowest BCUT2D eigenvalue weighted by molar-refractivity contribution is 0.453. The summed E-state index contributed by atoms with van der Waals surface area (Å²) in [6.07, 6.45) is 2.63. The molecule has 2 rings (SSSR count). The maximum absolute atomic E-state index is 12.9. The van der Waals surface area contributed by atoms with E-state index < -0.39 is 15.8 Å². The molecule has 1 saturated carbocycles. The van der Waals surface area contributed by atoms with E-state index in [2.05, 4.69) is 4.72 Å². The Morgan fingerprint density at radius 1 is 1.40 bits per heavy atom. The van der Waals surface area contributed by atoms with Gasteiger partial charge in [-0.1, -0.05) is 18.0 Å². The van der Waals surface area contributed by atoms with Crippen molar-refractivity contribution in [2.75, 3.05) is 6.54 Å². The first kappa shape index (κ1) is 17.7. The monoisotopic (exact) mass is 342 g/mol. The molecule has 4 nitrogen and oxygen atoms in total. The highest BCUT2D eigenvalue weighted by Crippen LogP contribution is 2.28. The van der Waals surface area contributed by atoms with Crippen LogP contribution in [0.25, 0.3) is 0 Å². The van der Waals surface area contributed by atoms with E-state index in [9.17, 15) is 12.8 Å². The van der Waals surface area contributed by atoms with Crippen LogP contribution in [-0.2, 0) is 10.0 Å². The van der Waals surface area contributed by atoms with Gasteiger partial charge in [-0.05, 0) is 43.5 Å². The predicted molar refractivity (Wildman–Crippen MR) is 79.2 cm³/mol. The second-order valence-electron chi connectivity index (χ2n) is 4.73. The fraction of sp³-hybridized carbons (Fsp3) is 0.500. The Kier molecular flexibility index (Phi) is 6.22. The third kappa shape index (κ3) is 3.83. The van der Waals surface area contributed by atoms with Crippen LogP contribution in [0.5, 0.6) is 0 Å². The van der Waals surface area contributed by atoms with Crippen molar-refractivity contribution in [1.82, 2.24) is 4.72 Å². The van der Waals surface area contributed by atoms with Gasteiger partial charge in [0.05, 0.1) is 5.02 Å². The molecular weight excluding hydrogens is 326 g/mol. The maximum atomic E-state index is 12.9. The molecule has 1 fully saturated rings. The van der Waals surface area contributed by atoms with Crippen molar-refractivity contribution in [2.24, 2.45) is 11.7 Å². The van der Waals surface area contributed by atoms with E-state index in [-0.39, 0.29) is 34.3 Å². The molecule has 20 heavy (non-hydrogen) atoms. The van der Waals surface area contributed by atoms with E-state index in [1.807, 2.05) is 0 Å². The van der Waals surface area contributed by atoms with E-state index in [0.29, 0.717) is 6.54 Å². The number of sulfonamides is 1. The smallest absolute Gasteiger partial charge is 0.242 e. The number of hydrogen-bond acceptors (Lipinski definition) is 3. The van der Waals surface area contributed by atoms with Gasteiger partial charge in [0.15, 0.2) is 0 Å². The quantitative estimate of drug-likeness (QED) is 0.881. The van der Waals surface area contributed by atoms with Crippen molar-refractivity contribution in [3.63, 3.8) is 0 Å². The molecule has 1 aliphatic carbocycles. The lowest BCUT2D eigenvalue weighted by atomic mass is 10.1. The van der Waals surface area contributed by atoms with Gasteiger partial charge in [-0.25, -0.2) is 17.5 Å². The Hall–Kier alpha value is -0.400. The minimum absolute atomic E-state index is 0. The van der Waals surface area contributed by atoms with Crippen molar-refractivity contribution in [1.29, 1.82) is 0 Å². The molecule has 0 spiro atoms. The molecule has 0 amide bonds. The molecule has 3 N–H and O–H groups in total. The highest BCUT2D eigenvalue weighted by Gasteiger charge is 2.31. The fourth-order valence-electron chi connectivity index (χ4n) is 2.43. The number of rotatable bonds is 4. The SMILES string of the molecule is Cl.NCC1CCCC1NS(=O)(=O)c1ccc(F)cc1Cl. The average Bonchev–Trinajstić information content (AvgIpc) is 2.74. The average molecular weight is 343 g/mol. The zero-order valence-corrected chi connectivity index (χ0v) is 13.1. The van der Waals surface area contributed by atoms with Gasteiger partial charge in [0, 0.05) is 6.04 Å². The summed E-state index contributed by atoms with van der Waals surface area (Å²) in [4.78, 5) is -0.0989. The summed E-state index contributed by atoms with van der Waals surface area (Å²) < 4.78 is 40.0. The number of hydrogen-bond donors (Lipinski definition) is 2. The van der Waals surface area contributed by atoms with Crippen LogP contribution in [0.4, 0.5) is 4.39 Å². The minimum Gasteiger partial charge on any atom is -0.330 e. The van der Waals surface area contributed by atoms with Crippen molar-refractivity contribution >= 4 is 34.0 Å². The molecular formula is C12H17Cl2FN2O2S. The van der Waals surface area contributed by atoms with E-state index in [1.54, 1.807) is 0 Å². The number of nitrogens with two attached hydrogens (primary N) is 1. The first-order chi connectivity index (χ1) is 8.94. The Balaban J connectivity index is 0.00000200. The first-order valence-corrected chi connectivity index (χ1v) is 7.97. The molecule has 114 valence electrons. The molecule has 1 aromatic carbocycles. The molecule has 1 aromatic rings. The van der Waals surface area contributed by atoms with Crippen LogP contribution in [0, 0.1) is 11.7 Å². The molecule has 0 radical (unpaired) electrons. The van der Waals surface area contributed by atoms with Crippen LogP contribution >= 0.6 is 24.0 Å². The van der Waals surface area contributed by atoms with Gasteiger partial charge in [-0.15, -0.1) is 12.4 Å². The molecule has 0 aromatic heterocycles. The topological polar surface area (TPSA) is 72.2 Å². The second-order valence-corrected chi connectivity index (χ2v) is 6.82. The highest BCUT2D eigenvalue weighted by atomic mass is 35.5.